The van der Waals surface area contributed by atoms with Crippen LogP contribution in [0.25, 0.3) is 10.9 Å². The van der Waals surface area contributed by atoms with Crippen LogP contribution in [0.5, 0.6) is 0 Å². The third-order valence-corrected chi connectivity index (χ3v) is 1.97. The summed E-state index contributed by atoms with van der Waals surface area (Å²) < 4.78 is 36.3. The second-order valence-corrected chi connectivity index (χ2v) is 3.22. The van der Waals surface area contributed by atoms with Crippen molar-refractivity contribution >= 4 is 10.9 Å². The zero-order valence-corrected chi connectivity index (χ0v) is 7.88. The summed E-state index contributed by atoms with van der Waals surface area (Å²) in [6.07, 6.45) is -3.16. The quantitative estimate of drug-likeness (QED) is 0.804. The van der Waals surface area contributed by atoms with Gasteiger partial charge < -0.3 is 4.98 Å². The molecule has 0 saturated heterocycles. The molecule has 84 valence electrons. The van der Waals surface area contributed by atoms with Gasteiger partial charge in [-0.2, -0.15) is 13.2 Å². The number of H-pyrrole nitrogens is 1. The molecule has 0 aliphatic heterocycles. The predicted molar refractivity (Wildman–Crippen MR) is 49.9 cm³/mol. The van der Waals surface area contributed by atoms with Crippen molar-refractivity contribution in [3.05, 3.63) is 34.6 Å². The van der Waals surface area contributed by atoms with E-state index >= 15 is 0 Å². The minimum atomic E-state index is -4.34. The summed E-state index contributed by atoms with van der Waals surface area (Å²) in [6, 6.07) is 1.11. The Morgan fingerprint density at radius 1 is 1.31 bits per heavy atom. The summed E-state index contributed by atoms with van der Waals surface area (Å²) in [7, 11) is 0. The Bertz CT molecular complexity index is 576. The topological polar surface area (TPSA) is 58.6 Å². The highest BCUT2D eigenvalue weighted by atomic mass is 19.4. The van der Waals surface area contributed by atoms with E-state index in [0.29, 0.717) is 0 Å². The van der Waals surface area contributed by atoms with Gasteiger partial charge in [-0.15, -0.1) is 0 Å². The first-order chi connectivity index (χ1) is 7.46. The van der Waals surface area contributed by atoms with Crippen molar-refractivity contribution in [1.82, 2.24) is 15.0 Å². The highest BCUT2D eigenvalue weighted by Gasteiger charge is 2.28. The van der Waals surface area contributed by atoms with E-state index in [1.54, 1.807) is 0 Å². The molecule has 2 aromatic heterocycles. The van der Waals surface area contributed by atoms with Crippen LogP contribution in [0, 0.1) is 0 Å². The molecular formula is C9H6F3N3O. The molecule has 0 radical (unpaired) electrons. The van der Waals surface area contributed by atoms with Gasteiger partial charge in [0.2, 0.25) is 0 Å². The van der Waals surface area contributed by atoms with E-state index < -0.39 is 18.2 Å². The van der Waals surface area contributed by atoms with Gasteiger partial charge in [0.05, 0.1) is 35.5 Å². The number of hydrogen-bond donors (Lipinski definition) is 1. The lowest BCUT2D eigenvalue weighted by Crippen LogP contribution is -2.14. The van der Waals surface area contributed by atoms with Crippen LogP contribution in [0.1, 0.15) is 5.69 Å². The number of nitrogens with zero attached hydrogens (tertiary/aromatic N) is 2. The molecule has 0 fully saturated rings. The molecule has 2 heterocycles. The van der Waals surface area contributed by atoms with Crippen LogP contribution >= 0.6 is 0 Å². The van der Waals surface area contributed by atoms with Crippen LogP contribution in [0.15, 0.2) is 23.4 Å². The highest BCUT2D eigenvalue weighted by Crippen LogP contribution is 2.20. The molecule has 0 aliphatic carbocycles. The molecule has 0 amide bonds. The van der Waals surface area contributed by atoms with Gasteiger partial charge in [-0.1, -0.05) is 0 Å². The number of fused-ring (bicyclic) bond motifs is 1. The minimum absolute atomic E-state index is 0.108. The van der Waals surface area contributed by atoms with Gasteiger partial charge in [-0.05, 0) is 6.07 Å². The highest BCUT2D eigenvalue weighted by molar-refractivity contribution is 5.76. The van der Waals surface area contributed by atoms with Gasteiger partial charge in [0.1, 0.15) is 0 Å². The molecule has 0 spiro atoms. The summed E-state index contributed by atoms with van der Waals surface area (Å²) in [5.74, 6) is 0. The largest absolute Gasteiger partial charge is 0.394 e. The maximum atomic E-state index is 12.1. The third kappa shape index (κ3) is 2.18. The first kappa shape index (κ1) is 10.6. The molecule has 4 nitrogen and oxygen atoms in total. The molecule has 1 N–H and O–H groups in total. The van der Waals surface area contributed by atoms with Gasteiger partial charge in [0, 0.05) is 0 Å². The fourth-order valence-corrected chi connectivity index (χ4v) is 1.32. The molecular weight excluding hydrogens is 223 g/mol. The predicted octanol–water partition coefficient (Wildman–Crippen LogP) is 1.42. The Morgan fingerprint density at radius 2 is 2.06 bits per heavy atom. The molecule has 2 rings (SSSR count). The maximum Gasteiger partial charge on any atom is 0.394 e. The van der Waals surface area contributed by atoms with Crippen molar-refractivity contribution in [3.8, 4) is 0 Å². The Kier molecular flexibility index (Phi) is 2.37. The monoisotopic (exact) mass is 229 g/mol. The first-order valence-corrected chi connectivity index (χ1v) is 4.35. The maximum absolute atomic E-state index is 12.1. The van der Waals surface area contributed by atoms with Crippen LogP contribution < -0.4 is 5.56 Å². The van der Waals surface area contributed by atoms with Crippen LogP contribution in [0.2, 0.25) is 0 Å². The zero-order chi connectivity index (χ0) is 11.8. The number of hydrogen-bond acceptors (Lipinski definition) is 3. The summed E-state index contributed by atoms with van der Waals surface area (Å²) >= 11 is 0. The Labute approximate surface area is 87.2 Å². The van der Waals surface area contributed by atoms with E-state index in [2.05, 4.69) is 15.0 Å². The first-order valence-electron chi connectivity index (χ1n) is 4.35. The molecule has 2 aromatic rings. The smallest absolute Gasteiger partial charge is 0.313 e. The van der Waals surface area contributed by atoms with E-state index in [1.165, 1.54) is 6.33 Å². The SMILES string of the molecule is O=c1[nH]cnc2cnc(CC(F)(F)F)cc12. The summed E-state index contributed by atoms with van der Waals surface area (Å²) in [4.78, 5) is 21.0. The van der Waals surface area contributed by atoms with Crippen molar-refractivity contribution < 1.29 is 13.2 Å². The molecule has 0 atom stereocenters. The average molecular weight is 229 g/mol. The van der Waals surface area contributed by atoms with Crippen LogP contribution in [0.4, 0.5) is 13.2 Å². The lowest BCUT2D eigenvalue weighted by molar-refractivity contribution is -0.127. The summed E-state index contributed by atoms with van der Waals surface area (Å²) in [5, 5.41) is 0.108. The lowest BCUT2D eigenvalue weighted by Gasteiger charge is -2.05. The molecule has 16 heavy (non-hydrogen) atoms. The average Bonchev–Trinajstić information content (AvgIpc) is 2.17. The van der Waals surface area contributed by atoms with Crippen molar-refractivity contribution in [2.45, 2.75) is 12.6 Å². The fourth-order valence-electron chi connectivity index (χ4n) is 1.32. The van der Waals surface area contributed by atoms with E-state index in [0.717, 1.165) is 12.3 Å². The summed E-state index contributed by atoms with van der Waals surface area (Å²) in [6.45, 7) is 0. The Hall–Kier alpha value is -1.92. The minimum Gasteiger partial charge on any atom is -0.313 e. The van der Waals surface area contributed by atoms with Crippen LogP contribution in [-0.2, 0) is 6.42 Å². The fraction of sp³-hybridized carbons (Fsp3) is 0.222. The molecule has 0 unspecified atom stereocenters. The number of rotatable bonds is 1. The van der Waals surface area contributed by atoms with Crippen molar-refractivity contribution in [1.29, 1.82) is 0 Å². The molecule has 0 aliphatic rings. The third-order valence-electron chi connectivity index (χ3n) is 1.97. The van der Waals surface area contributed by atoms with E-state index in [9.17, 15) is 18.0 Å². The van der Waals surface area contributed by atoms with Gasteiger partial charge in [-0.25, -0.2) is 4.98 Å². The van der Waals surface area contributed by atoms with Crippen LogP contribution in [-0.4, -0.2) is 21.1 Å². The second-order valence-electron chi connectivity index (χ2n) is 3.22. The second kappa shape index (κ2) is 3.58. The van der Waals surface area contributed by atoms with Gasteiger partial charge in [0.25, 0.3) is 5.56 Å². The summed E-state index contributed by atoms with van der Waals surface area (Å²) in [5.41, 5.74) is -0.399. The Morgan fingerprint density at radius 3 is 2.75 bits per heavy atom. The van der Waals surface area contributed by atoms with Gasteiger partial charge in [-0.3, -0.25) is 9.78 Å². The van der Waals surface area contributed by atoms with Crippen molar-refractivity contribution in [3.63, 3.8) is 0 Å². The van der Waals surface area contributed by atoms with Gasteiger partial charge >= 0.3 is 6.18 Å². The normalized spacial score (nSPS) is 11.9. The van der Waals surface area contributed by atoms with Gasteiger partial charge in [0.15, 0.2) is 0 Å². The number of aromatic nitrogens is 3. The van der Waals surface area contributed by atoms with E-state index in [1.807, 2.05) is 0 Å². The standard InChI is InChI=1S/C9H6F3N3O/c10-9(11,12)2-5-1-6-7(3-13-5)14-4-15-8(6)16/h1,3-4H,2H2,(H,14,15,16). The number of alkyl halides is 3. The molecule has 0 saturated carbocycles. The zero-order valence-electron chi connectivity index (χ0n) is 7.88. The van der Waals surface area contributed by atoms with Crippen LogP contribution in [0.3, 0.4) is 0 Å². The lowest BCUT2D eigenvalue weighted by atomic mass is 10.2. The molecule has 0 bridgehead atoms. The number of pyridine rings is 1. The number of nitrogens with one attached hydrogen (secondary N) is 1. The number of aromatic amines is 1. The molecule has 7 heteroatoms. The molecule has 0 aromatic carbocycles. The Balaban J connectivity index is 2.52. The number of halogens is 3. The van der Waals surface area contributed by atoms with E-state index in [4.69, 9.17) is 0 Å². The van der Waals surface area contributed by atoms with Crippen molar-refractivity contribution in [2.24, 2.45) is 0 Å². The van der Waals surface area contributed by atoms with E-state index in [-0.39, 0.29) is 16.6 Å². The van der Waals surface area contributed by atoms with Crippen molar-refractivity contribution in [2.75, 3.05) is 0 Å².